The molecular formula is C15H27N3S. The van der Waals surface area contributed by atoms with Gasteiger partial charge in [-0.3, -0.25) is 0 Å². The number of hydrogen-bond acceptors (Lipinski definition) is 4. The fourth-order valence-corrected chi connectivity index (χ4v) is 3.89. The van der Waals surface area contributed by atoms with E-state index in [1.807, 2.05) is 0 Å². The molecule has 0 aromatic carbocycles. The Balaban J connectivity index is 2.03. The van der Waals surface area contributed by atoms with Gasteiger partial charge in [-0.15, -0.1) is 11.3 Å². The van der Waals surface area contributed by atoms with Gasteiger partial charge < -0.3 is 10.6 Å². The van der Waals surface area contributed by atoms with Crippen molar-refractivity contribution in [3.63, 3.8) is 0 Å². The highest BCUT2D eigenvalue weighted by Crippen LogP contribution is 2.32. The lowest BCUT2D eigenvalue weighted by atomic mass is 9.87. The van der Waals surface area contributed by atoms with E-state index in [0.717, 1.165) is 37.8 Å². The SMILES string of the molecule is CCCc1nc(N2CCC(C(C)C)CC2)sc1CN. The van der Waals surface area contributed by atoms with Gasteiger partial charge in [-0.2, -0.15) is 0 Å². The molecule has 1 aliphatic heterocycles. The number of rotatable bonds is 5. The molecule has 2 heterocycles. The maximum atomic E-state index is 5.84. The van der Waals surface area contributed by atoms with Gasteiger partial charge in [-0.05, 0) is 31.1 Å². The fourth-order valence-electron chi connectivity index (χ4n) is 2.85. The van der Waals surface area contributed by atoms with Crippen LogP contribution < -0.4 is 10.6 Å². The first-order chi connectivity index (χ1) is 9.15. The number of nitrogens with two attached hydrogens (primary N) is 1. The van der Waals surface area contributed by atoms with Gasteiger partial charge in [0.1, 0.15) is 0 Å². The lowest BCUT2D eigenvalue weighted by Crippen LogP contribution is -2.35. The van der Waals surface area contributed by atoms with Crippen molar-refractivity contribution < 1.29 is 0 Å². The summed E-state index contributed by atoms with van der Waals surface area (Å²) in [7, 11) is 0. The number of anilines is 1. The lowest BCUT2D eigenvalue weighted by molar-refractivity contribution is 0.311. The Kier molecular flexibility index (Phi) is 5.22. The minimum absolute atomic E-state index is 0.634. The van der Waals surface area contributed by atoms with Crippen molar-refractivity contribution >= 4 is 16.5 Å². The summed E-state index contributed by atoms with van der Waals surface area (Å²) in [4.78, 5) is 8.57. The summed E-state index contributed by atoms with van der Waals surface area (Å²) >= 11 is 1.81. The van der Waals surface area contributed by atoms with Crippen LogP contribution in [0.2, 0.25) is 0 Å². The van der Waals surface area contributed by atoms with Gasteiger partial charge in [0.05, 0.1) is 5.69 Å². The molecule has 19 heavy (non-hydrogen) atoms. The summed E-state index contributed by atoms with van der Waals surface area (Å²) in [6.45, 7) is 9.84. The normalized spacial score (nSPS) is 17.4. The molecule has 0 radical (unpaired) electrons. The highest BCUT2D eigenvalue weighted by molar-refractivity contribution is 7.15. The molecule has 3 nitrogen and oxygen atoms in total. The summed E-state index contributed by atoms with van der Waals surface area (Å²) in [6.07, 6.45) is 4.81. The zero-order valence-corrected chi connectivity index (χ0v) is 13.3. The van der Waals surface area contributed by atoms with Crippen molar-refractivity contribution in [1.82, 2.24) is 4.98 Å². The van der Waals surface area contributed by atoms with Gasteiger partial charge in [0.15, 0.2) is 5.13 Å². The zero-order chi connectivity index (χ0) is 13.8. The molecule has 4 heteroatoms. The van der Waals surface area contributed by atoms with Crippen LogP contribution in [-0.4, -0.2) is 18.1 Å². The zero-order valence-electron chi connectivity index (χ0n) is 12.5. The fraction of sp³-hybridized carbons (Fsp3) is 0.800. The molecule has 0 amide bonds. The molecule has 1 aromatic rings. The van der Waals surface area contributed by atoms with E-state index in [-0.39, 0.29) is 0 Å². The van der Waals surface area contributed by atoms with Crippen LogP contribution in [0.3, 0.4) is 0 Å². The molecule has 2 N–H and O–H groups in total. The van der Waals surface area contributed by atoms with Crippen LogP contribution in [0.15, 0.2) is 0 Å². The number of hydrogen-bond donors (Lipinski definition) is 1. The predicted molar refractivity (Wildman–Crippen MR) is 83.8 cm³/mol. The first-order valence-electron chi connectivity index (χ1n) is 7.59. The van der Waals surface area contributed by atoms with Crippen molar-refractivity contribution in [2.24, 2.45) is 17.6 Å². The van der Waals surface area contributed by atoms with E-state index in [2.05, 4.69) is 25.7 Å². The summed E-state index contributed by atoms with van der Waals surface area (Å²) in [5.41, 5.74) is 7.07. The van der Waals surface area contributed by atoms with Crippen LogP contribution in [0.25, 0.3) is 0 Å². The first kappa shape index (κ1) is 14.8. The van der Waals surface area contributed by atoms with Crippen molar-refractivity contribution in [3.05, 3.63) is 10.6 Å². The second kappa shape index (κ2) is 6.71. The second-order valence-corrected chi connectivity index (χ2v) is 6.95. The molecule has 1 fully saturated rings. The minimum Gasteiger partial charge on any atom is -0.348 e. The Morgan fingerprint density at radius 2 is 2.05 bits per heavy atom. The Hall–Kier alpha value is -0.610. The second-order valence-electron chi connectivity index (χ2n) is 5.89. The molecule has 1 saturated heterocycles. The highest BCUT2D eigenvalue weighted by atomic mass is 32.1. The van der Waals surface area contributed by atoms with Gasteiger partial charge in [0.25, 0.3) is 0 Å². The summed E-state index contributed by atoms with van der Waals surface area (Å²) in [5.74, 6) is 1.70. The topological polar surface area (TPSA) is 42.2 Å². The van der Waals surface area contributed by atoms with Crippen molar-refractivity contribution in [3.8, 4) is 0 Å². The number of aromatic nitrogens is 1. The van der Waals surface area contributed by atoms with E-state index in [4.69, 9.17) is 10.7 Å². The van der Waals surface area contributed by atoms with E-state index in [1.54, 1.807) is 11.3 Å². The smallest absolute Gasteiger partial charge is 0.185 e. The lowest BCUT2D eigenvalue weighted by Gasteiger charge is -2.33. The average molecular weight is 281 g/mol. The van der Waals surface area contributed by atoms with Gasteiger partial charge in [-0.1, -0.05) is 27.2 Å². The number of nitrogens with zero attached hydrogens (tertiary/aromatic N) is 2. The maximum absolute atomic E-state index is 5.84. The number of piperidine rings is 1. The van der Waals surface area contributed by atoms with Gasteiger partial charge in [0, 0.05) is 24.5 Å². The largest absolute Gasteiger partial charge is 0.348 e. The van der Waals surface area contributed by atoms with Crippen LogP contribution >= 0.6 is 11.3 Å². The molecule has 0 aliphatic carbocycles. The van der Waals surface area contributed by atoms with E-state index in [0.29, 0.717) is 6.54 Å². The predicted octanol–water partition coefficient (Wildman–Crippen LogP) is 3.43. The molecule has 0 unspecified atom stereocenters. The van der Waals surface area contributed by atoms with Gasteiger partial charge in [0.2, 0.25) is 0 Å². The van der Waals surface area contributed by atoms with Crippen molar-refractivity contribution in [2.45, 2.75) is 53.0 Å². The molecule has 0 saturated carbocycles. The molecule has 2 rings (SSSR count). The number of aryl methyl sites for hydroxylation is 1. The monoisotopic (exact) mass is 281 g/mol. The standard InChI is InChI=1S/C15H27N3S/c1-4-5-13-14(10-16)19-15(17-13)18-8-6-12(7-9-18)11(2)3/h11-12H,4-10,16H2,1-3H3. The van der Waals surface area contributed by atoms with E-state index in [9.17, 15) is 0 Å². The average Bonchev–Trinajstić information content (AvgIpc) is 2.82. The third-order valence-corrected chi connectivity index (χ3v) is 5.37. The van der Waals surface area contributed by atoms with Crippen LogP contribution in [0.4, 0.5) is 5.13 Å². The molecular weight excluding hydrogens is 254 g/mol. The maximum Gasteiger partial charge on any atom is 0.185 e. The minimum atomic E-state index is 0.634. The van der Waals surface area contributed by atoms with E-state index < -0.39 is 0 Å². The Labute approximate surface area is 121 Å². The quantitative estimate of drug-likeness (QED) is 0.899. The Bertz CT molecular complexity index is 392. The summed E-state index contributed by atoms with van der Waals surface area (Å²) in [6, 6.07) is 0. The van der Waals surface area contributed by atoms with Gasteiger partial charge >= 0.3 is 0 Å². The molecule has 1 aliphatic rings. The third-order valence-electron chi connectivity index (χ3n) is 4.19. The van der Waals surface area contributed by atoms with Crippen molar-refractivity contribution in [2.75, 3.05) is 18.0 Å². The van der Waals surface area contributed by atoms with Crippen LogP contribution in [-0.2, 0) is 13.0 Å². The number of thiazole rings is 1. The molecule has 1 aromatic heterocycles. The summed E-state index contributed by atoms with van der Waals surface area (Å²) < 4.78 is 0. The van der Waals surface area contributed by atoms with Crippen LogP contribution in [0.5, 0.6) is 0 Å². The molecule has 0 spiro atoms. The van der Waals surface area contributed by atoms with E-state index in [1.165, 1.54) is 28.5 Å². The highest BCUT2D eigenvalue weighted by Gasteiger charge is 2.24. The van der Waals surface area contributed by atoms with Gasteiger partial charge in [-0.25, -0.2) is 4.98 Å². The molecule has 0 atom stereocenters. The summed E-state index contributed by atoms with van der Waals surface area (Å²) in [5, 5.41) is 1.20. The third kappa shape index (κ3) is 3.48. The Morgan fingerprint density at radius 1 is 1.37 bits per heavy atom. The van der Waals surface area contributed by atoms with E-state index >= 15 is 0 Å². The molecule has 0 bridgehead atoms. The van der Waals surface area contributed by atoms with Crippen LogP contribution in [0.1, 0.15) is 50.6 Å². The molecule has 108 valence electrons. The first-order valence-corrected chi connectivity index (χ1v) is 8.41. The van der Waals surface area contributed by atoms with Crippen LogP contribution in [0, 0.1) is 11.8 Å². The van der Waals surface area contributed by atoms with Crippen molar-refractivity contribution in [1.29, 1.82) is 0 Å². The Morgan fingerprint density at radius 3 is 2.58 bits per heavy atom.